The molecule has 0 saturated heterocycles. The molecule has 5 heteroatoms. The van der Waals surface area contributed by atoms with Gasteiger partial charge in [-0.2, -0.15) is 13.2 Å². The van der Waals surface area contributed by atoms with Crippen molar-refractivity contribution in [2.45, 2.75) is 64.2 Å². The van der Waals surface area contributed by atoms with E-state index in [1.807, 2.05) is 0 Å². The molecule has 1 atom stereocenters. The fourth-order valence-electron chi connectivity index (χ4n) is 2.67. The molecular weight excluding hydrogens is 241 g/mol. The maximum Gasteiger partial charge on any atom is 0.401 e. The zero-order valence-corrected chi connectivity index (χ0v) is 11.3. The summed E-state index contributed by atoms with van der Waals surface area (Å²) in [5.41, 5.74) is 6.10. The number of nitrogens with zero attached hydrogens (tertiary/aromatic N) is 1. The van der Waals surface area contributed by atoms with Gasteiger partial charge in [0.1, 0.15) is 0 Å². The predicted molar refractivity (Wildman–Crippen MR) is 67.3 cm³/mol. The van der Waals surface area contributed by atoms with Crippen LogP contribution in [0.25, 0.3) is 0 Å². The van der Waals surface area contributed by atoms with Crippen molar-refractivity contribution in [1.82, 2.24) is 4.90 Å². The van der Waals surface area contributed by atoms with Crippen LogP contribution >= 0.6 is 0 Å². The van der Waals surface area contributed by atoms with Gasteiger partial charge in [-0.15, -0.1) is 0 Å². The molecule has 1 rings (SSSR count). The zero-order chi connectivity index (χ0) is 13.8. The van der Waals surface area contributed by atoms with E-state index in [2.05, 4.69) is 0 Å². The third kappa shape index (κ3) is 5.57. The topological polar surface area (TPSA) is 29.3 Å². The van der Waals surface area contributed by atoms with Gasteiger partial charge in [-0.05, 0) is 32.6 Å². The number of halogens is 3. The van der Waals surface area contributed by atoms with Crippen LogP contribution in [0.5, 0.6) is 0 Å². The Hall–Kier alpha value is -0.290. The highest BCUT2D eigenvalue weighted by molar-refractivity contribution is 4.81. The number of hydrogen-bond donors (Lipinski definition) is 1. The SMILES string of the molecule is CC(C)N(CC(N)C1CCCCC1)CC(F)(F)F. The lowest BCUT2D eigenvalue weighted by atomic mass is 9.84. The highest BCUT2D eigenvalue weighted by Gasteiger charge is 2.33. The Balaban J connectivity index is 2.49. The highest BCUT2D eigenvalue weighted by atomic mass is 19.4. The van der Waals surface area contributed by atoms with Gasteiger partial charge in [-0.1, -0.05) is 19.3 Å². The molecule has 2 N–H and O–H groups in total. The fraction of sp³-hybridized carbons (Fsp3) is 1.00. The van der Waals surface area contributed by atoms with Gasteiger partial charge in [0, 0.05) is 18.6 Å². The Labute approximate surface area is 108 Å². The number of alkyl halides is 3. The maximum atomic E-state index is 12.5. The highest BCUT2D eigenvalue weighted by Crippen LogP contribution is 2.27. The second-order valence-electron chi connectivity index (χ2n) is 5.70. The number of rotatable bonds is 5. The van der Waals surface area contributed by atoms with Crippen molar-refractivity contribution in [2.75, 3.05) is 13.1 Å². The minimum atomic E-state index is -4.14. The Kier molecular flexibility index (Phi) is 5.92. The van der Waals surface area contributed by atoms with E-state index in [0.717, 1.165) is 12.8 Å². The van der Waals surface area contributed by atoms with Crippen molar-refractivity contribution >= 4 is 0 Å². The molecule has 0 spiro atoms. The predicted octanol–water partition coefficient (Wildman–Crippen LogP) is 3.17. The molecule has 1 aliphatic rings. The van der Waals surface area contributed by atoms with Crippen molar-refractivity contribution in [3.05, 3.63) is 0 Å². The van der Waals surface area contributed by atoms with Gasteiger partial charge in [-0.3, -0.25) is 4.90 Å². The summed E-state index contributed by atoms with van der Waals surface area (Å²) in [6.45, 7) is 3.07. The van der Waals surface area contributed by atoms with E-state index < -0.39 is 12.7 Å². The van der Waals surface area contributed by atoms with Gasteiger partial charge in [0.25, 0.3) is 0 Å². The lowest BCUT2D eigenvalue weighted by molar-refractivity contribution is -0.150. The zero-order valence-electron chi connectivity index (χ0n) is 11.3. The van der Waals surface area contributed by atoms with E-state index in [9.17, 15) is 13.2 Å². The fourth-order valence-corrected chi connectivity index (χ4v) is 2.67. The molecule has 0 bridgehead atoms. The second-order valence-corrected chi connectivity index (χ2v) is 5.70. The molecule has 0 aromatic heterocycles. The van der Waals surface area contributed by atoms with Gasteiger partial charge in [0.05, 0.1) is 6.54 Å². The Morgan fingerprint density at radius 3 is 2.17 bits per heavy atom. The van der Waals surface area contributed by atoms with Crippen molar-refractivity contribution in [3.8, 4) is 0 Å². The Morgan fingerprint density at radius 1 is 1.17 bits per heavy atom. The van der Waals surface area contributed by atoms with Crippen LogP contribution in [0.15, 0.2) is 0 Å². The first kappa shape index (κ1) is 15.8. The van der Waals surface area contributed by atoms with Crippen molar-refractivity contribution in [1.29, 1.82) is 0 Å². The standard InChI is InChI=1S/C13H25F3N2/c1-10(2)18(9-13(14,15)16)8-12(17)11-6-4-3-5-7-11/h10-12H,3-9,17H2,1-2H3. The summed E-state index contributed by atoms with van der Waals surface area (Å²) in [7, 11) is 0. The van der Waals surface area contributed by atoms with Gasteiger partial charge in [0.2, 0.25) is 0 Å². The first-order valence-electron chi connectivity index (χ1n) is 6.86. The molecule has 1 aliphatic carbocycles. The number of hydrogen-bond acceptors (Lipinski definition) is 2. The first-order valence-corrected chi connectivity index (χ1v) is 6.86. The molecule has 0 amide bonds. The summed E-state index contributed by atoms with van der Waals surface area (Å²) in [5.74, 6) is 0.397. The first-order chi connectivity index (χ1) is 8.29. The molecule has 1 saturated carbocycles. The average molecular weight is 266 g/mol. The van der Waals surface area contributed by atoms with Crippen LogP contribution in [0.2, 0.25) is 0 Å². The minimum Gasteiger partial charge on any atom is -0.326 e. The quantitative estimate of drug-likeness (QED) is 0.828. The Bertz CT molecular complexity index is 235. The van der Waals surface area contributed by atoms with Crippen LogP contribution in [0, 0.1) is 5.92 Å². The van der Waals surface area contributed by atoms with Crippen molar-refractivity contribution in [3.63, 3.8) is 0 Å². The van der Waals surface area contributed by atoms with Gasteiger partial charge < -0.3 is 5.73 Å². The van der Waals surface area contributed by atoms with E-state index in [-0.39, 0.29) is 12.1 Å². The maximum absolute atomic E-state index is 12.5. The molecule has 0 aromatic rings. The monoisotopic (exact) mass is 266 g/mol. The summed E-state index contributed by atoms with van der Waals surface area (Å²) in [5, 5.41) is 0. The molecular formula is C13H25F3N2. The molecule has 0 aromatic carbocycles. The van der Waals surface area contributed by atoms with Crippen LogP contribution in [0.1, 0.15) is 46.0 Å². The van der Waals surface area contributed by atoms with Crippen LogP contribution in [0.3, 0.4) is 0 Å². The van der Waals surface area contributed by atoms with Crippen molar-refractivity contribution in [2.24, 2.45) is 11.7 Å². The summed E-state index contributed by atoms with van der Waals surface area (Å²) < 4.78 is 37.4. The Morgan fingerprint density at radius 2 is 1.72 bits per heavy atom. The molecule has 2 nitrogen and oxygen atoms in total. The summed E-state index contributed by atoms with van der Waals surface area (Å²) in [6.07, 6.45) is 1.56. The largest absolute Gasteiger partial charge is 0.401 e. The van der Waals surface area contributed by atoms with E-state index in [1.165, 1.54) is 24.2 Å². The summed E-state index contributed by atoms with van der Waals surface area (Å²) in [4.78, 5) is 1.44. The molecule has 1 unspecified atom stereocenters. The molecule has 0 radical (unpaired) electrons. The van der Waals surface area contributed by atoms with Crippen LogP contribution < -0.4 is 5.73 Å². The van der Waals surface area contributed by atoms with Crippen LogP contribution in [-0.4, -0.2) is 36.2 Å². The summed E-state index contributed by atoms with van der Waals surface area (Å²) in [6, 6.07) is -0.253. The van der Waals surface area contributed by atoms with E-state index in [4.69, 9.17) is 5.73 Å². The second kappa shape index (κ2) is 6.75. The van der Waals surface area contributed by atoms with E-state index >= 15 is 0 Å². The van der Waals surface area contributed by atoms with Gasteiger partial charge in [0.15, 0.2) is 0 Å². The van der Waals surface area contributed by atoms with Gasteiger partial charge >= 0.3 is 6.18 Å². The smallest absolute Gasteiger partial charge is 0.326 e. The molecule has 0 aliphatic heterocycles. The third-order valence-electron chi connectivity index (χ3n) is 3.81. The summed E-state index contributed by atoms with van der Waals surface area (Å²) >= 11 is 0. The lowest BCUT2D eigenvalue weighted by Gasteiger charge is -2.34. The molecule has 0 heterocycles. The van der Waals surface area contributed by atoms with Crippen LogP contribution in [0.4, 0.5) is 13.2 Å². The molecule has 108 valence electrons. The third-order valence-corrected chi connectivity index (χ3v) is 3.81. The molecule has 18 heavy (non-hydrogen) atoms. The minimum absolute atomic E-state index is 0.124. The lowest BCUT2D eigenvalue weighted by Crippen LogP contribution is -2.48. The van der Waals surface area contributed by atoms with E-state index in [1.54, 1.807) is 13.8 Å². The van der Waals surface area contributed by atoms with Crippen LogP contribution in [-0.2, 0) is 0 Å². The normalized spacial score (nSPS) is 20.7. The average Bonchev–Trinajstić information content (AvgIpc) is 2.27. The van der Waals surface area contributed by atoms with E-state index in [0.29, 0.717) is 12.5 Å². The molecule has 1 fully saturated rings. The van der Waals surface area contributed by atoms with Gasteiger partial charge in [-0.25, -0.2) is 0 Å². The number of nitrogens with two attached hydrogens (primary N) is 1. The van der Waals surface area contributed by atoms with Crippen molar-refractivity contribution < 1.29 is 13.2 Å².